The molecule has 0 aromatic carbocycles. The van der Waals surface area contributed by atoms with Gasteiger partial charge < -0.3 is 9.84 Å². The van der Waals surface area contributed by atoms with Gasteiger partial charge in [0, 0.05) is 18.0 Å². The maximum Gasteiger partial charge on any atom is 0.323 e. The number of rotatable bonds is 7. The maximum atomic E-state index is 12.1. The second-order valence-corrected chi connectivity index (χ2v) is 5.79. The van der Waals surface area contributed by atoms with Crippen LogP contribution < -0.4 is 0 Å². The molecule has 0 radical (unpaired) electrons. The average molecular weight is 285 g/mol. The zero-order valence-electron chi connectivity index (χ0n) is 11.4. The molecule has 1 atom stereocenters. The second kappa shape index (κ2) is 6.65. The fourth-order valence-electron chi connectivity index (χ4n) is 2.04. The second-order valence-electron chi connectivity index (χ2n) is 4.81. The van der Waals surface area contributed by atoms with Crippen molar-refractivity contribution in [2.45, 2.75) is 33.6 Å². The number of ether oxygens (including phenoxy) is 1. The van der Waals surface area contributed by atoms with E-state index in [2.05, 4.69) is 4.98 Å². The highest BCUT2D eigenvalue weighted by Gasteiger charge is 2.48. The molecule has 1 aromatic rings. The minimum absolute atomic E-state index is 0.0699. The molecular formula is C13H19NO4S. The first-order valence-electron chi connectivity index (χ1n) is 6.21. The van der Waals surface area contributed by atoms with Crippen molar-refractivity contribution in [1.82, 2.24) is 4.98 Å². The highest BCUT2D eigenvalue weighted by Crippen LogP contribution is 2.33. The number of aromatic nitrogens is 1. The van der Waals surface area contributed by atoms with Gasteiger partial charge in [-0.05, 0) is 19.3 Å². The minimum atomic E-state index is -1.54. The lowest BCUT2D eigenvalue weighted by molar-refractivity contribution is -0.170. The van der Waals surface area contributed by atoms with Crippen molar-refractivity contribution in [3.63, 3.8) is 0 Å². The molecular weight excluding hydrogens is 266 g/mol. The van der Waals surface area contributed by atoms with E-state index >= 15 is 0 Å². The number of esters is 1. The Hall–Kier alpha value is -1.43. The van der Waals surface area contributed by atoms with Crippen LogP contribution >= 0.6 is 11.3 Å². The average Bonchev–Trinajstić information content (AvgIpc) is 2.80. The number of thiazole rings is 1. The van der Waals surface area contributed by atoms with Gasteiger partial charge >= 0.3 is 11.9 Å². The van der Waals surface area contributed by atoms with Crippen LogP contribution in [0.5, 0.6) is 0 Å². The van der Waals surface area contributed by atoms with Crippen molar-refractivity contribution < 1.29 is 19.4 Å². The van der Waals surface area contributed by atoms with E-state index in [4.69, 9.17) is 4.74 Å². The van der Waals surface area contributed by atoms with E-state index in [9.17, 15) is 14.7 Å². The first kappa shape index (κ1) is 15.6. The standard InChI is InChI=1S/C13H19NO4S/c1-4-18-12(17)13(11(15)16,7-9(2)3)8-10-14-5-6-19-10/h5-6,9H,4,7-8H2,1-3H3,(H,15,16). The van der Waals surface area contributed by atoms with Gasteiger partial charge in [-0.25, -0.2) is 4.98 Å². The topological polar surface area (TPSA) is 76.5 Å². The zero-order chi connectivity index (χ0) is 14.5. The maximum absolute atomic E-state index is 12.1. The van der Waals surface area contributed by atoms with Crippen molar-refractivity contribution in [3.05, 3.63) is 16.6 Å². The van der Waals surface area contributed by atoms with Gasteiger partial charge in [0.25, 0.3) is 0 Å². The van der Waals surface area contributed by atoms with E-state index in [1.165, 1.54) is 11.3 Å². The summed E-state index contributed by atoms with van der Waals surface area (Å²) in [6.45, 7) is 5.62. The van der Waals surface area contributed by atoms with Crippen LogP contribution in [0.4, 0.5) is 0 Å². The molecule has 19 heavy (non-hydrogen) atoms. The van der Waals surface area contributed by atoms with Gasteiger partial charge in [0.15, 0.2) is 5.41 Å². The number of carbonyl (C=O) groups is 2. The first-order chi connectivity index (χ1) is 8.92. The lowest BCUT2D eigenvalue weighted by Gasteiger charge is -2.27. The Morgan fingerprint density at radius 3 is 2.63 bits per heavy atom. The van der Waals surface area contributed by atoms with Gasteiger partial charge in [-0.15, -0.1) is 11.3 Å². The van der Waals surface area contributed by atoms with Crippen LogP contribution in [-0.4, -0.2) is 28.6 Å². The third kappa shape index (κ3) is 3.76. The fourth-order valence-corrected chi connectivity index (χ4v) is 2.77. The molecule has 0 amide bonds. The van der Waals surface area contributed by atoms with Crippen LogP contribution in [0.3, 0.4) is 0 Å². The number of nitrogens with zero attached hydrogens (tertiary/aromatic N) is 1. The first-order valence-corrected chi connectivity index (χ1v) is 7.09. The van der Waals surface area contributed by atoms with E-state index in [1.54, 1.807) is 18.5 Å². The van der Waals surface area contributed by atoms with Gasteiger partial charge in [-0.3, -0.25) is 9.59 Å². The molecule has 6 heteroatoms. The summed E-state index contributed by atoms with van der Waals surface area (Å²) in [6, 6.07) is 0. The highest BCUT2D eigenvalue weighted by atomic mass is 32.1. The number of hydrogen-bond donors (Lipinski definition) is 1. The van der Waals surface area contributed by atoms with Crippen molar-refractivity contribution in [2.75, 3.05) is 6.61 Å². The predicted molar refractivity (Wildman–Crippen MR) is 72.0 cm³/mol. The van der Waals surface area contributed by atoms with Crippen molar-refractivity contribution in [3.8, 4) is 0 Å². The smallest absolute Gasteiger partial charge is 0.323 e. The number of carboxylic acid groups (broad SMARTS) is 1. The molecule has 1 heterocycles. The molecule has 5 nitrogen and oxygen atoms in total. The minimum Gasteiger partial charge on any atom is -0.480 e. The Morgan fingerprint density at radius 1 is 1.53 bits per heavy atom. The molecule has 106 valence electrons. The van der Waals surface area contributed by atoms with E-state index in [1.807, 2.05) is 13.8 Å². The molecule has 0 fully saturated rings. The lowest BCUT2D eigenvalue weighted by Crippen LogP contribution is -2.43. The Balaban J connectivity index is 3.10. The largest absolute Gasteiger partial charge is 0.480 e. The zero-order valence-corrected chi connectivity index (χ0v) is 12.2. The summed E-state index contributed by atoms with van der Waals surface area (Å²) in [4.78, 5) is 27.9. The molecule has 0 bridgehead atoms. The van der Waals surface area contributed by atoms with E-state index in [0.717, 1.165) is 0 Å². The Labute approximate surface area is 116 Å². The van der Waals surface area contributed by atoms with Gasteiger partial charge in [-0.1, -0.05) is 13.8 Å². The van der Waals surface area contributed by atoms with Crippen LogP contribution in [0.2, 0.25) is 0 Å². The van der Waals surface area contributed by atoms with Crippen molar-refractivity contribution in [1.29, 1.82) is 0 Å². The number of hydrogen-bond acceptors (Lipinski definition) is 5. The SMILES string of the molecule is CCOC(=O)C(Cc1nccs1)(CC(C)C)C(=O)O. The summed E-state index contributed by atoms with van der Waals surface area (Å²) in [5.41, 5.74) is -1.54. The van der Waals surface area contributed by atoms with E-state index in [-0.39, 0.29) is 25.4 Å². The van der Waals surface area contributed by atoms with Crippen LogP contribution in [0.15, 0.2) is 11.6 Å². The monoisotopic (exact) mass is 285 g/mol. The van der Waals surface area contributed by atoms with Crippen molar-refractivity contribution in [2.24, 2.45) is 11.3 Å². The van der Waals surface area contributed by atoms with Crippen LogP contribution in [0.25, 0.3) is 0 Å². The molecule has 0 aliphatic heterocycles. The Bertz CT molecular complexity index is 430. The summed E-state index contributed by atoms with van der Waals surface area (Å²) >= 11 is 1.35. The third-order valence-corrected chi connectivity index (χ3v) is 3.55. The predicted octanol–water partition coefficient (Wildman–Crippen LogP) is 2.37. The van der Waals surface area contributed by atoms with E-state index < -0.39 is 17.4 Å². The summed E-state index contributed by atoms with van der Waals surface area (Å²) < 4.78 is 4.98. The quantitative estimate of drug-likeness (QED) is 0.615. The summed E-state index contributed by atoms with van der Waals surface area (Å²) in [5, 5.41) is 11.9. The Morgan fingerprint density at radius 2 is 2.21 bits per heavy atom. The molecule has 1 aromatic heterocycles. The molecule has 0 saturated heterocycles. The van der Waals surface area contributed by atoms with E-state index in [0.29, 0.717) is 5.01 Å². The summed E-state index contributed by atoms with van der Waals surface area (Å²) in [5.74, 6) is -1.75. The molecule has 0 saturated carbocycles. The third-order valence-electron chi connectivity index (χ3n) is 2.77. The molecule has 1 N–H and O–H groups in total. The molecule has 0 spiro atoms. The van der Waals surface area contributed by atoms with Gasteiger partial charge in [0.1, 0.15) is 0 Å². The van der Waals surface area contributed by atoms with Crippen LogP contribution in [-0.2, 0) is 20.7 Å². The molecule has 0 aliphatic rings. The molecule has 0 aliphatic carbocycles. The number of aliphatic carboxylic acids is 1. The molecule has 1 unspecified atom stereocenters. The van der Waals surface area contributed by atoms with Gasteiger partial charge in [-0.2, -0.15) is 0 Å². The fraction of sp³-hybridized carbons (Fsp3) is 0.615. The highest BCUT2D eigenvalue weighted by molar-refractivity contribution is 7.09. The summed E-state index contributed by atoms with van der Waals surface area (Å²) in [6.07, 6.45) is 1.92. The van der Waals surface area contributed by atoms with Crippen LogP contribution in [0, 0.1) is 11.3 Å². The Kier molecular flexibility index (Phi) is 5.47. The van der Waals surface area contributed by atoms with Crippen molar-refractivity contribution >= 4 is 23.3 Å². The number of carboxylic acids is 1. The van der Waals surface area contributed by atoms with Crippen LogP contribution in [0.1, 0.15) is 32.2 Å². The lowest BCUT2D eigenvalue weighted by atomic mass is 9.77. The normalized spacial score (nSPS) is 14.1. The number of carbonyl (C=O) groups excluding carboxylic acids is 1. The van der Waals surface area contributed by atoms with Gasteiger partial charge in [0.2, 0.25) is 0 Å². The van der Waals surface area contributed by atoms with Gasteiger partial charge in [0.05, 0.1) is 11.6 Å². The molecule has 1 rings (SSSR count). The summed E-state index contributed by atoms with van der Waals surface area (Å²) in [7, 11) is 0.